The molecule has 3 N–H and O–H groups in total. The number of imide groups is 1. The number of nitrogens with one attached hydrogen (secondary N) is 3. The van der Waals surface area contributed by atoms with E-state index in [-0.39, 0.29) is 11.7 Å². The zero-order valence-electron chi connectivity index (χ0n) is 10.5. The summed E-state index contributed by atoms with van der Waals surface area (Å²) in [5, 5.41) is 4.51. The van der Waals surface area contributed by atoms with Crippen molar-refractivity contribution >= 4 is 33.8 Å². The standard InChI is InChI=1S/C11H14BrN3O4/c1-6(2)14-11(18)15-9(16)5-19-10(17)8-3-7(12)4-13-8/h3-4,6,13H,5H2,1-2H3,(H2,14,15,16,18). The van der Waals surface area contributed by atoms with Crippen molar-refractivity contribution in [1.29, 1.82) is 0 Å². The molecule has 19 heavy (non-hydrogen) atoms. The van der Waals surface area contributed by atoms with Gasteiger partial charge in [-0.2, -0.15) is 0 Å². The quantitative estimate of drug-likeness (QED) is 0.721. The third-order valence-corrected chi connectivity index (χ3v) is 2.33. The molecule has 0 bridgehead atoms. The molecule has 1 rings (SSSR count). The number of H-pyrrole nitrogens is 1. The summed E-state index contributed by atoms with van der Waals surface area (Å²) in [5.74, 6) is -1.37. The minimum atomic E-state index is -0.697. The third kappa shape index (κ3) is 5.56. The third-order valence-electron chi connectivity index (χ3n) is 1.87. The first-order valence-corrected chi connectivity index (χ1v) is 6.29. The first-order chi connectivity index (χ1) is 8.88. The van der Waals surface area contributed by atoms with Crippen LogP contribution in [0.15, 0.2) is 16.7 Å². The van der Waals surface area contributed by atoms with Crippen molar-refractivity contribution in [3.63, 3.8) is 0 Å². The molecule has 1 aromatic heterocycles. The highest BCUT2D eigenvalue weighted by Crippen LogP contribution is 2.11. The molecule has 0 spiro atoms. The Morgan fingerprint density at radius 2 is 2.11 bits per heavy atom. The number of amides is 3. The van der Waals surface area contributed by atoms with Crippen molar-refractivity contribution in [3.05, 3.63) is 22.4 Å². The lowest BCUT2D eigenvalue weighted by molar-refractivity contribution is -0.123. The van der Waals surface area contributed by atoms with E-state index in [9.17, 15) is 14.4 Å². The summed E-state index contributed by atoms with van der Waals surface area (Å²) >= 11 is 3.16. The molecule has 1 aromatic rings. The fourth-order valence-corrected chi connectivity index (χ4v) is 1.50. The maximum Gasteiger partial charge on any atom is 0.355 e. The highest BCUT2D eigenvalue weighted by atomic mass is 79.9. The first-order valence-electron chi connectivity index (χ1n) is 5.50. The largest absolute Gasteiger partial charge is 0.451 e. The lowest BCUT2D eigenvalue weighted by Gasteiger charge is -2.09. The molecule has 0 aliphatic heterocycles. The topological polar surface area (TPSA) is 100 Å². The van der Waals surface area contributed by atoms with Gasteiger partial charge >= 0.3 is 12.0 Å². The van der Waals surface area contributed by atoms with Crippen LogP contribution in [0.25, 0.3) is 0 Å². The second-order valence-corrected chi connectivity index (χ2v) is 4.90. The van der Waals surface area contributed by atoms with E-state index in [0.717, 1.165) is 0 Å². The molecular formula is C11H14BrN3O4. The fraction of sp³-hybridized carbons (Fsp3) is 0.364. The average molecular weight is 332 g/mol. The van der Waals surface area contributed by atoms with Gasteiger partial charge in [0.15, 0.2) is 6.61 Å². The van der Waals surface area contributed by atoms with E-state index >= 15 is 0 Å². The summed E-state index contributed by atoms with van der Waals surface area (Å²) in [6.07, 6.45) is 1.56. The Balaban J connectivity index is 2.34. The molecule has 104 valence electrons. The normalized spacial score (nSPS) is 10.1. The van der Waals surface area contributed by atoms with Crippen molar-refractivity contribution in [2.75, 3.05) is 6.61 Å². The molecular weight excluding hydrogens is 318 g/mol. The van der Waals surface area contributed by atoms with Crippen LogP contribution in [-0.2, 0) is 9.53 Å². The summed E-state index contributed by atoms with van der Waals surface area (Å²) in [7, 11) is 0. The van der Waals surface area contributed by atoms with Gasteiger partial charge in [0.1, 0.15) is 5.69 Å². The van der Waals surface area contributed by atoms with Crippen LogP contribution in [0.4, 0.5) is 4.79 Å². The Morgan fingerprint density at radius 1 is 1.42 bits per heavy atom. The van der Waals surface area contributed by atoms with Gasteiger partial charge < -0.3 is 15.0 Å². The maximum absolute atomic E-state index is 11.5. The summed E-state index contributed by atoms with van der Waals surface area (Å²) in [6.45, 7) is 2.99. The van der Waals surface area contributed by atoms with Gasteiger partial charge in [0.25, 0.3) is 5.91 Å². The van der Waals surface area contributed by atoms with E-state index < -0.39 is 24.5 Å². The van der Waals surface area contributed by atoms with Crippen molar-refractivity contribution in [2.24, 2.45) is 0 Å². The Labute approximate surface area is 118 Å². The number of aromatic amines is 1. The van der Waals surface area contributed by atoms with Crippen LogP contribution >= 0.6 is 15.9 Å². The van der Waals surface area contributed by atoms with Gasteiger partial charge in [0.2, 0.25) is 0 Å². The summed E-state index contributed by atoms with van der Waals surface area (Å²) in [4.78, 5) is 36.6. The lowest BCUT2D eigenvalue weighted by Crippen LogP contribution is -2.44. The Morgan fingerprint density at radius 3 is 2.63 bits per heavy atom. The number of esters is 1. The molecule has 0 aliphatic rings. The van der Waals surface area contributed by atoms with Crippen LogP contribution in [0.3, 0.4) is 0 Å². The molecule has 0 radical (unpaired) electrons. The van der Waals surface area contributed by atoms with Crippen LogP contribution in [0.2, 0.25) is 0 Å². The predicted molar refractivity (Wildman–Crippen MR) is 70.6 cm³/mol. The second kappa shape index (κ2) is 6.93. The fourth-order valence-electron chi connectivity index (χ4n) is 1.16. The summed E-state index contributed by atoms with van der Waals surface area (Å²) in [6, 6.07) is 0.802. The molecule has 7 nitrogen and oxygen atoms in total. The average Bonchev–Trinajstić information content (AvgIpc) is 2.71. The molecule has 0 fully saturated rings. The molecule has 0 aromatic carbocycles. The lowest BCUT2D eigenvalue weighted by atomic mass is 10.4. The zero-order chi connectivity index (χ0) is 14.4. The van der Waals surface area contributed by atoms with E-state index in [4.69, 9.17) is 4.74 Å². The van der Waals surface area contributed by atoms with E-state index in [2.05, 4.69) is 26.2 Å². The molecule has 0 aliphatic carbocycles. The molecule has 1 heterocycles. The van der Waals surface area contributed by atoms with E-state index in [1.165, 1.54) is 6.07 Å². The van der Waals surface area contributed by atoms with Crippen molar-refractivity contribution in [1.82, 2.24) is 15.6 Å². The Bertz CT molecular complexity index is 484. The predicted octanol–water partition coefficient (Wildman–Crippen LogP) is 1.17. The Hall–Kier alpha value is -1.83. The minimum absolute atomic E-state index is 0.0911. The van der Waals surface area contributed by atoms with E-state index in [1.54, 1.807) is 20.0 Å². The number of rotatable bonds is 4. The van der Waals surface area contributed by atoms with Gasteiger partial charge in [-0.3, -0.25) is 10.1 Å². The zero-order valence-corrected chi connectivity index (χ0v) is 12.0. The van der Waals surface area contributed by atoms with E-state index in [1.807, 2.05) is 5.32 Å². The number of ether oxygens (including phenoxy) is 1. The van der Waals surface area contributed by atoms with Gasteiger partial charge in [-0.15, -0.1) is 0 Å². The first kappa shape index (κ1) is 15.2. The number of urea groups is 1. The highest BCUT2D eigenvalue weighted by molar-refractivity contribution is 9.10. The van der Waals surface area contributed by atoms with Gasteiger partial charge in [-0.1, -0.05) is 0 Å². The molecule has 0 unspecified atom stereocenters. The molecule has 0 saturated heterocycles. The summed E-state index contributed by atoms with van der Waals surface area (Å²) in [5.41, 5.74) is 0.214. The number of halogens is 1. The summed E-state index contributed by atoms with van der Waals surface area (Å²) < 4.78 is 5.42. The highest BCUT2D eigenvalue weighted by Gasteiger charge is 2.13. The number of aromatic nitrogens is 1. The number of hydrogen-bond acceptors (Lipinski definition) is 4. The maximum atomic E-state index is 11.5. The van der Waals surface area contributed by atoms with Gasteiger partial charge in [0, 0.05) is 16.7 Å². The monoisotopic (exact) mass is 331 g/mol. The van der Waals surface area contributed by atoms with Crippen LogP contribution in [0.1, 0.15) is 24.3 Å². The Kier molecular flexibility index (Phi) is 5.56. The smallest absolute Gasteiger partial charge is 0.355 e. The SMILES string of the molecule is CC(C)NC(=O)NC(=O)COC(=O)c1cc(Br)c[nH]1. The van der Waals surface area contributed by atoms with Crippen LogP contribution in [0, 0.1) is 0 Å². The van der Waals surface area contributed by atoms with Crippen molar-refractivity contribution < 1.29 is 19.1 Å². The molecule has 3 amide bonds. The molecule has 0 atom stereocenters. The van der Waals surface area contributed by atoms with Crippen LogP contribution in [0.5, 0.6) is 0 Å². The minimum Gasteiger partial charge on any atom is -0.451 e. The van der Waals surface area contributed by atoms with Gasteiger partial charge in [-0.25, -0.2) is 9.59 Å². The van der Waals surface area contributed by atoms with E-state index in [0.29, 0.717) is 4.47 Å². The van der Waals surface area contributed by atoms with Crippen molar-refractivity contribution in [2.45, 2.75) is 19.9 Å². The van der Waals surface area contributed by atoms with Gasteiger partial charge in [0.05, 0.1) is 0 Å². The number of hydrogen-bond donors (Lipinski definition) is 3. The number of carbonyl (C=O) groups excluding carboxylic acids is 3. The van der Waals surface area contributed by atoms with Crippen LogP contribution in [-0.4, -0.2) is 35.5 Å². The van der Waals surface area contributed by atoms with Crippen LogP contribution < -0.4 is 10.6 Å². The molecule has 8 heteroatoms. The second-order valence-electron chi connectivity index (χ2n) is 3.98. The molecule has 0 saturated carbocycles. The van der Waals surface area contributed by atoms with Crippen molar-refractivity contribution in [3.8, 4) is 0 Å². The number of carbonyl (C=O) groups is 3. The van der Waals surface area contributed by atoms with Gasteiger partial charge in [-0.05, 0) is 35.8 Å².